The molecule has 4 heteroatoms. The van der Waals surface area contributed by atoms with Crippen LogP contribution in [0.4, 0.5) is 5.82 Å². The van der Waals surface area contributed by atoms with Gasteiger partial charge >= 0.3 is 0 Å². The summed E-state index contributed by atoms with van der Waals surface area (Å²) in [7, 11) is 0. The fraction of sp³-hybridized carbons (Fsp3) is 0.545. The summed E-state index contributed by atoms with van der Waals surface area (Å²) in [6.07, 6.45) is 3.96. The largest absolute Gasteiger partial charge is 0.381 e. The van der Waals surface area contributed by atoms with E-state index in [1.165, 1.54) is 0 Å². The highest BCUT2D eigenvalue weighted by Gasteiger charge is 2.18. The summed E-state index contributed by atoms with van der Waals surface area (Å²) in [5, 5.41) is 11.8. The molecule has 0 atom stereocenters. The Bertz CT molecular complexity index is 283. The molecular formula is C11H17N3O. The molecule has 2 heterocycles. The average molecular weight is 207 g/mol. The summed E-state index contributed by atoms with van der Waals surface area (Å²) in [4.78, 5) is 6.62. The maximum absolute atomic E-state index is 8.76. The van der Waals surface area contributed by atoms with Crippen molar-refractivity contribution in [2.45, 2.75) is 18.9 Å². The molecule has 0 bridgehead atoms. The Kier molecular flexibility index (Phi) is 3.53. The van der Waals surface area contributed by atoms with Crippen LogP contribution in [0.3, 0.4) is 0 Å². The van der Waals surface area contributed by atoms with Crippen LogP contribution in [0.25, 0.3) is 0 Å². The first kappa shape index (κ1) is 10.4. The van der Waals surface area contributed by atoms with Gasteiger partial charge in [0.2, 0.25) is 0 Å². The Balaban J connectivity index is 1.88. The van der Waals surface area contributed by atoms with Crippen LogP contribution in [-0.4, -0.2) is 36.0 Å². The number of hydrogen-bond acceptors (Lipinski definition) is 4. The number of nitrogens with zero attached hydrogens (tertiary/aromatic N) is 2. The third-order valence-electron chi connectivity index (χ3n) is 2.85. The third kappa shape index (κ3) is 2.67. The van der Waals surface area contributed by atoms with E-state index in [1.807, 2.05) is 24.4 Å². The van der Waals surface area contributed by atoms with Gasteiger partial charge in [0.15, 0.2) is 0 Å². The first-order chi connectivity index (χ1) is 7.40. The summed E-state index contributed by atoms with van der Waals surface area (Å²) in [6.45, 7) is 2.09. The highest BCUT2D eigenvalue weighted by Crippen LogP contribution is 2.16. The molecule has 4 nitrogen and oxygen atoms in total. The number of hydrogen-bond donors (Lipinski definition) is 2. The Labute approximate surface area is 89.9 Å². The molecule has 1 aromatic heterocycles. The van der Waals surface area contributed by atoms with Crippen molar-refractivity contribution in [2.75, 3.05) is 24.7 Å². The lowest BCUT2D eigenvalue weighted by Crippen LogP contribution is -2.43. The van der Waals surface area contributed by atoms with Gasteiger partial charge < -0.3 is 10.0 Å². The van der Waals surface area contributed by atoms with Crippen LogP contribution in [0.15, 0.2) is 24.4 Å². The number of rotatable bonds is 3. The first-order valence-corrected chi connectivity index (χ1v) is 5.40. The zero-order valence-corrected chi connectivity index (χ0v) is 8.76. The molecular weight excluding hydrogens is 190 g/mol. The van der Waals surface area contributed by atoms with E-state index < -0.39 is 0 Å². The van der Waals surface area contributed by atoms with Gasteiger partial charge in [-0.05, 0) is 25.0 Å². The second-order valence-electron chi connectivity index (χ2n) is 3.81. The highest BCUT2D eigenvalue weighted by molar-refractivity contribution is 5.38. The third-order valence-corrected chi connectivity index (χ3v) is 2.85. The average Bonchev–Trinajstić information content (AvgIpc) is 2.32. The Hall–Kier alpha value is -1.13. The molecule has 0 amide bonds. The van der Waals surface area contributed by atoms with Gasteiger partial charge in [-0.2, -0.15) is 0 Å². The predicted molar refractivity (Wildman–Crippen MR) is 59.7 cm³/mol. The lowest BCUT2D eigenvalue weighted by atomic mass is 10.1. The van der Waals surface area contributed by atoms with E-state index in [4.69, 9.17) is 5.11 Å². The van der Waals surface area contributed by atoms with Crippen molar-refractivity contribution >= 4 is 5.82 Å². The maximum atomic E-state index is 8.76. The Morgan fingerprint density at radius 3 is 2.80 bits per heavy atom. The highest BCUT2D eigenvalue weighted by atomic mass is 16.3. The molecule has 1 aliphatic heterocycles. The summed E-state index contributed by atoms with van der Waals surface area (Å²) >= 11 is 0. The van der Waals surface area contributed by atoms with Gasteiger partial charge in [-0.25, -0.2) is 4.98 Å². The summed E-state index contributed by atoms with van der Waals surface area (Å²) in [5.41, 5.74) is 0. The quantitative estimate of drug-likeness (QED) is 0.712. The van der Waals surface area contributed by atoms with Gasteiger partial charge in [0.1, 0.15) is 5.82 Å². The molecule has 0 unspecified atom stereocenters. The molecule has 0 aromatic carbocycles. The van der Waals surface area contributed by atoms with Crippen molar-refractivity contribution < 1.29 is 5.11 Å². The van der Waals surface area contributed by atoms with Gasteiger partial charge in [-0.15, -0.1) is 0 Å². The van der Waals surface area contributed by atoms with Crippen LogP contribution in [0, 0.1) is 0 Å². The van der Waals surface area contributed by atoms with Crippen molar-refractivity contribution in [1.29, 1.82) is 0 Å². The molecule has 1 fully saturated rings. The van der Waals surface area contributed by atoms with E-state index in [2.05, 4.69) is 15.2 Å². The number of aromatic nitrogens is 1. The molecule has 0 aliphatic carbocycles. The number of pyridine rings is 1. The zero-order valence-electron chi connectivity index (χ0n) is 8.76. The topological polar surface area (TPSA) is 48.4 Å². The minimum Gasteiger partial charge on any atom is -0.381 e. The van der Waals surface area contributed by atoms with Gasteiger partial charge in [-0.1, -0.05) is 6.07 Å². The molecule has 0 radical (unpaired) electrons. The molecule has 1 saturated heterocycles. The monoisotopic (exact) mass is 207 g/mol. The van der Waals surface area contributed by atoms with Crippen LogP contribution < -0.4 is 10.2 Å². The maximum Gasteiger partial charge on any atom is 0.128 e. The normalized spacial score (nSPS) is 18.1. The molecule has 1 aliphatic rings. The second kappa shape index (κ2) is 5.09. The Morgan fingerprint density at radius 1 is 1.40 bits per heavy atom. The van der Waals surface area contributed by atoms with Crippen LogP contribution in [0.2, 0.25) is 0 Å². The van der Waals surface area contributed by atoms with Gasteiger partial charge in [0.25, 0.3) is 0 Å². The van der Waals surface area contributed by atoms with Crippen LogP contribution >= 0.6 is 0 Å². The number of aliphatic hydroxyl groups is 1. The van der Waals surface area contributed by atoms with Crippen LogP contribution in [0.1, 0.15) is 12.8 Å². The van der Waals surface area contributed by atoms with Crippen molar-refractivity contribution in [3.8, 4) is 0 Å². The van der Waals surface area contributed by atoms with Gasteiger partial charge in [-0.3, -0.25) is 5.32 Å². The summed E-state index contributed by atoms with van der Waals surface area (Å²) in [5.74, 6) is 1.06. The predicted octanol–water partition coefficient (Wildman–Crippen LogP) is 0.590. The molecule has 15 heavy (non-hydrogen) atoms. The standard InChI is InChI=1S/C11H17N3O/c15-9-13-10-4-7-14(8-5-10)11-3-1-2-6-12-11/h1-3,6,10,13,15H,4-5,7-9H2. The molecule has 2 rings (SSSR count). The van der Waals surface area contributed by atoms with E-state index in [-0.39, 0.29) is 6.73 Å². The van der Waals surface area contributed by atoms with E-state index in [0.717, 1.165) is 31.7 Å². The SMILES string of the molecule is OCNC1CCN(c2ccccn2)CC1. The number of aliphatic hydroxyl groups excluding tert-OH is 1. The number of anilines is 1. The smallest absolute Gasteiger partial charge is 0.128 e. The lowest BCUT2D eigenvalue weighted by molar-refractivity contribution is 0.228. The molecule has 0 spiro atoms. The first-order valence-electron chi connectivity index (χ1n) is 5.40. The minimum absolute atomic E-state index is 0.0776. The molecule has 0 saturated carbocycles. The number of piperidine rings is 1. The second-order valence-corrected chi connectivity index (χ2v) is 3.81. The minimum atomic E-state index is 0.0776. The van der Waals surface area contributed by atoms with Crippen LogP contribution in [-0.2, 0) is 0 Å². The lowest BCUT2D eigenvalue weighted by Gasteiger charge is -2.32. The Morgan fingerprint density at radius 2 is 2.20 bits per heavy atom. The van der Waals surface area contributed by atoms with E-state index >= 15 is 0 Å². The van der Waals surface area contributed by atoms with Crippen molar-refractivity contribution in [3.05, 3.63) is 24.4 Å². The fourth-order valence-corrected chi connectivity index (χ4v) is 1.98. The van der Waals surface area contributed by atoms with Gasteiger partial charge in [0, 0.05) is 25.3 Å². The molecule has 82 valence electrons. The van der Waals surface area contributed by atoms with Crippen molar-refractivity contribution in [2.24, 2.45) is 0 Å². The van der Waals surface area contributed by atoms with Crippen LogP contribution in [0.5, 0.6) is 0 Å². The van der Waals surface area contributed by atoms with Gasteiger partial charge in [0.05, 0.1) is 6.73 Å². The summed E-state index contributed by atoms with van der Waals surface area (Å²) < 4.78 is 0. The number of nitrogens with one attached hydrogen (secondary N) is 1. The molecule has 1 aromatic rings. The molecule has 2 N–H and O–H groups in total. The van der Waals surface area contributed by atoms with E-state index in [0.29, 0.717) is 6.04 Å². The van der Waals surface area contributed by atoms with E-state index in [9.17, 15) is 0 Å². The van der Waals surface area contributed by atoms with E-state index in [1.54, 1.807) is 0 Å². The van der Waals surface area contributed by atoms with Crippen molar-refractivity contribution in [1.82, 2.24) is 10.3 Å². The van der Waals surface area contributed by atoms with Crippen molar-refractivity contribution in [3.63, 3.8) is 0 Å². The zero-order chi connectivity index (χ0) is 10.5. The fourth-order valence-electron chi connectivity index (χ4n) is 1.98. The summed E-state index contributed by atoms with van der Waals surface area (Å²) in [6, 6.07) is 6.44.